The molecule has 0 unspecified atom stereocenters. The maximum Gasteiger partial charge on any atom is 0.135 e. The third kappa shape index (κ3) is 3.16. The molecule has 1 aliphatic rings. The lowest BCUT2D eigenvalue weighted by atomic mass is 9.87. The van der Waals surface area contributed by atoms with Crippen LogP contribution in [0.4, 0.5) is 0 Å². The van der Waals surface area contributed by atoms with Gasteiger partial charge in [-0.3, -0.25) is 4.98 Å². The molecular formula is C35H23NO. The Labute approximate surface area is 214 Å². The standard InChI is InChI=1S/C35H23NO/c1-3-12-27-25(10-1)26-11-2-4-13-28(26)32-21-36-33(20-30(27)32)24-9-7-8-22(18-24)23-16-17-35-31(19-23)29-14-5-6-15-34(29)37-35/h1,3-10,12-21H,2,11H2. The second-order valence-electron chi connectivity index (χ2n) is 9.88. The second kappa shape index (κ2) is 7.91. The van der Waals surface area contributed by atoms with E-state index in [2.05, 4.69) is 103 Å². The first-order valence-corrected chi connectivity index (χ1v) is 12.9. The van der Waals surface area contributed by atoms with Crippen molar-refractivity contribution in [1.29, 1.82) is 0 Å². The maximum atomic E-state index is 6.04. The Bertz CT molecular complexity index is 2040. The van der Waals surface area contributed by atoms with E-state index < -0.39 is 0 Å². The van der Waals surface area contributed by atoms with Crippen molar-refractivity contribution in [2.24, 2.45) is 0 Å². The zero-order valence-corrected chi connectivity index (χ0v) is 20.2. The van der Waals surface area contributed by atoms with Gasteiger partial charge in [0.15, 0.2) is 0 Å². The summed E-state index contributed by atoms with van der Waals surface area (Å²) in [6, 6.07) is 34.5. The molecule has 2 nitrogen and oxygen atoms in total. The van der Waals surface area contributed by atoms with Gasteiger partial charge in [-0.05, 0) is 81.6 Å². The minimum Gasteiger partial charge on any atom is -0.456 e. The number of fused-ring (bicyclic) bond motifs is 9. The largest absolute Gasteiger partial charge is 0.456 e. The van der Waals surface area contributed by atoms with Crippen LogP contribution in [0.5, 0.6) is 0 Å². The lowest BCUT2D eigenvalue weighted by Gasteiger charge is -2.18. The quantitative estimate of drug-likeness (QED) is 0.234. The summed E-state index contributed by atoms with van der Waals surface area (Å²) in [5, 5.41) is 7.47. The highest BCUT2D eigenvalue weighted by molar-refractivity contribution is 6.13. The van der Waals surface area contributed by atoms with E-state index in [1.54, 1.807) is 0 Å². The smallest absolute Gasteiger partial charge is 0.135 e. The highest BCUT2D eigenvalue weighted by Crippen LogP contribution is 2.38. The van der Waals surface area contributed by atoms with Crippen molar-refractivity contribution < 1.29 is 4.42 Å². The summed E-state index contributed by atoms with van der Waals surface area (Å²) >= 11 is 0. The molecule has 0 bridgehead atoms. The zero-order chi connectivity index (χ0) is 24.3. The summed E-state index contributed by atoms with van der Waals surface area (Å²) < 4.78 is 6.04. The molecule has 5 aromatic carbocycles. The minimum absolute atomic E-state index is 0.918. The Kier molecular flexibility index (Phi) is 4.38. The van der Waals surface area contributed by atoms with Gasteiger partial charge in [0.05, 0.1) is 5.69 Å². The summed E-state index contributed by atoms with van der Waals surface area (Å²) in [6.07, 6.45) is 8.82. The van der Waals surface area contributed by atoms with Crippen LogP contribution < -0.4 is 0 Å². The lowest BCUT2D eigenvalue weighted by Crippen LogP contribution is -1.98. The fourth-order valence-electron chi connectivity index (χ4n) is 5.99. The van der Waals surface area contributed by atoms with Crippen LogP contribution in [0.15, 0.2) is 114 Å². The summed E-state index contributed by atoms with van der Waals surface area (Å²) in [5.74, 6) is 0. The van der Waals surface area contributed by atoms with Crippen LogP contribution in [0.1, 0.15) is 17.5 Å². The van der Waals surface area contributed by atoms with Crippen molar-refractivity contribution in [3.63, 3.8) is 0 Å². The summed E-state index contributed by atoms with van der Waals surface area (Å²) in [5.41, 5.74) is 9.08. The van der Waals surface area contributed by atoms with Gasteiger partial charge in [-0.1, -0.05) is 78.9 Å². The molecule has 0 aliphatic heterocycles. The number of rotatable bonds is 2. The number of allylic oxidation sites excluding steroid dienone is 1. The number of para-hydroxylation sites is 1. The van der Waals surface area contributed by atoms with E-state index in [1.165, 1.54) is 43.8 Å². The number of benzene rings is 5. The fraction of sp³-hybridized carbons (Fsp3) is 0.0571. The minimum atomic E-state index is 0.918. The highest BCUT2D eigenvalue weighted by atomic mass is 16.3. The van der Waals surface area contributed by atoms with Crippen molar-refractivity contribution >= 4 is 49.6 Å². The monoisotopic (exact) mass is 473 g/mol. The number of furan rings is 1. The molecule has 2 aromatic heterocycles. The van der Waals surface area contributed by atoms with E-state index in [9.17, 15) is 0 Å². The Hall–Kier alpha value is -4.69. The van der Waals surface area contributed by atoms with Gasteiger partial charge >= 0.3 is 0 Å². The number of nitrogens with zero attached hydrogens (tertiary/aromatic N) is 1. The van der Waals surface area contributed by atoms with E-state index in [0.29, 0.717) is 0 Å². The Morgan fingerprint density at radius 1 is 0.568 bits per heavy atom. The average molecular weight is 474 g/mol. The molecule has 0 atom stereocenters. The average Bonchev–Trinajstić information content (AvgIpc) is 3.35. The Morgan fingerprint density at radius 2 is 1.35 bits per heavy atom. The third-order valence-corrected chi connectivity index (χ3v) is 7.78. The van der Waals surface area contributed by atoms with Crippen LogP contribution in [0.25, 0.3) is 71.9 Å². The molecule has 0 saturated heterocycles. The molecule has 0 N–H and O–H groups in total. The number of aryl methyl sites for hydroxylation is 1. The van der Waals surface area contributed by atoms with E-state index in [-0.39, 0.29) is 0 Å². The SMILES string of the molecule is C1=Cc2c(c3ccccc3c3cc(-c4cccc(-c5ccc6oc7ccccc7c6c5)c4)ncc23)CC1. The number of aromatic nitrogens is 1. The molecule has 2 heterocycles. The predicted molar refractivity (Wildman–Crippen MR) is 155 cm³/mol. The number of hydrogen-bond donors (Lipinski definition) is 0. The zero-order valence-electron chi connectivity index (χ0n) is 20.2. The molecular weight excluding hydrogens is 450 g/mol. The molecule has 0 amide bonds. The van der Waals surface area contributed by atoms with Gasteiger partial charge in [-0.15, -0.1) is 0 Å². The van der Waals surface area contributed by atoms with Crippen molar-refractivity contribution in [3.8, 4) is 22.4 Å². The first-order valence-electron chi connectivity index (χ1n) is 12.9. The molecule has 8 rings (SSSR count). The maximum absolute atomic E-state index is 6.04. The summed E-state index contributed by atoms with van der Waals surface area (Å²) in [6.45, 7) is 0. The van der Waals surface area contributed by atoms with Gasteiger partial charge < -0.3 is 4.42 Å². The van der Waals surface area contributed by atoms with E-state index in [1.807, 2.05) is 12.1 Å². The van der Waals surface area contributed by atoms with Gasteiger partial charge in [0.1, 0.15) is 11.2 Å². The van der Waals surface area contributed by atoms with Gasteiger partial charge in [-0.25, -0.2) is 0 Å². The fourth-order valence-corrected chi connectivity index (χ4v) is 5.99. The van der Waals surface area contributed by atoms with E-state index >= 15 is 0 Å². The first-order chi connectivity index (χ1) is 18.3. The van der Waals surface area contributed by atoms with Crippen LogP contribution in [0, 0.1) is 0 Å². The molecule has 174 valence electrons. The summed E-state index contributed by atoms with van der Waals surface area (Å²) in [4.78, 5) is 4.96. The van der Waals surface area contributed by atoms with Gasteiger partial charge in [0, 0.05) is 27.9 Å². The van der Waals surface area contributed by atoms with Crippen LogP contribution in [-0.2, 0) is 6.42 Å². The number of pyridine rings is 1. The van der Waals surface area contributed by atoms with Gasteiger partial charge in [0.25, 0.3) is 0 Å². The van der Waals surface area contributed by atoms with Crippen molar-refractivity contribution in [3.05, 3.63) is 120 Å². The van der Waals surface area contributed by atoms with Crippen LogP contribution in [0.3, 0.4) is 0 Å². The van der Waals surface area contributed by atoms with Crippen molar-refractivity contribution in [1.82, 2.24) is 4.98 Å². The molecule has 0 saturated carbocycles. The molecule has 37 heavy (non-hydrogen) atoms. The van der Waals surface area contributed by atoms with E-state index in [0.717, 1.165) is 46.0 Å². The van der Waals surface area contributed by atoms with Crippen LogP contribution in [0.2, 0.25) is 0 Å². The second-order valence-corrected chi connectivity index (χ2v) is 9.88. The topological polar surface area (TPSA) is 26.0 Å². The van der Waals surface area contributed by atoms with Gasteiger partial charge in [-0.2, -0.15) is 0 Å². The van der Waals surface area contributed by atoms with Gasteiger partial charge in [0.2, 0.25) is 0 Å². The molecule has 1 aliphatic carbocycles. The molecule has 7 aromatic rings. The van der Waals surface area contributed by atoms with Crippen molar-refractivity contribution in [2.45, 2.75) is 12.8 Å². The van der Waals surface area contributed by atoms with E-state index in [4.69, 9.17) is 9.40 Å². The Balaban J connectivity index is 1.29. The molecule has 0 radical (unpaired) electrons. The molecule has 0 fully saturated rings. The first kappa shape index (κ1) is 20.5. The predicted octanol–water partition coefficient (Wildman–Crippen LogP) is 9.58. The normalized spacial score (nSPS) is 13.1. The van der Waals surface area contributed by atoms with Crippen molar-refractivity contribution in [2.75, 3.05) is 0 Å². The van der Waals surface area contributed by atoms with Crippen LogP contribution >= 0.6 is 0 Å². The lowest BCUT2D eigenvalue weighted by molar-refractivity contribution is 0.669. The van der Waals surface area contributed by atoms with Crippen LogP contribution in [-0.4, -0.2) is 4.98 Å². The highest BCUT2D eigenvalue weighted by Gasteiger charge is 2.16. The Morgan fingerprint density at radius 3 is 2.30 bits per heavy atom. The molecule has 2 heteroatoms. The number of hydrogen-bond acceptors (Lipinski definition) is 2. The molecule has 0 spiro atoms. The summed E-state index contributed by atoms with van der Waals surface area (Å²) in [7, 11) is 0. The third-order valence-electron chi connectivity index (χ3n) is 7.78.